The number of aromatic nitrogens is 1. The van der Waals surface area contributed by atoms with Crippen molar-refractivity contribution in [3.8, 4) is 0 Å². The van der Waals surface area contributed by atoms with Crippen LogP contribution in [0, 0.1) is 0 Å². The average molecular weight is 374 g/mol. The molecule has 4 nitrogen and oxygen atoms in total. The van der Waals surface area contributed by atoms with Crippen molar-refractivity contribution >= 4 is 11.6 Å². The molecular formula is C24H27N3O. The molecule has 1 aromatic heterocycles. The maximum Gasteiger partial charge on any atom is 0.227 e. The number of pyridine rings is 1. The molecule has 0 fully saturated rings. The molecule has 0 bridgehead atoms. The molecule has 2 aromatic carbocycles. The smallest absolute Gasteiger partial charge is 0.227 e. The summed E-state index contributed by atoms with van der Waals surface area (Å²) < 4.78 is 0. The van der Waals surface area contributed by atoms with Gasteiger partial charge in [0.15, 0.2) is 0 Å². The van der Waals surface area contributed by atoms with Gasteiger partial charge in [-0.05, 0) is 41.8 Å². The third-order valence-corrected chi connectivity index (χ3v) is 4.82. The molecule has 0 saturated heterocycles. The first-order valence-corrected chi connectivity index (χ1v) is 9.62. The molecule has 28 heavy (non-hydrogen) atoms. The number of rotatable bonds is 8. The van der Waals surface area contributed by atoms with E-state index >= 15 is 0 Å². The molecule has 0 saturated carbocycles. The van der Waals surface area contributed by atoms with Gasteiger partial charge < -0.3 is 10.2 Å². The minimum atomic E-state index is -0.243. The number of nitrogens with one attached hydrogen (secondary N) is 1. The Morgan fingerprint density at radius 3 is 2.32 bits per heavy atom. The summed E-state index contributed by atoms with van der Waals surface area (Å²) in [5.41, 5.74) is 4.32. The predicted molar refractivity (Wildman–Crippen MR) is 115 cm³/mol. The van der Waals surface area contributed by atoms with Crippen LogP contribution in [0.5, 0.6) is 0 Å². The van der Waals surface area contributed by atoms with Crippen molar-refractivity contribution in [1.29, 1.82) is 0 Å². The molecule has 0 spiro atoms. The van der Waals surface area contributed by atoms with Crippen LogP contribution in [-0.4, -0.2) is 31.5 Å². The van der Waals surface area contributed by atoms with Crippen LogP contribution in [0.2, 0.25) is 0 Å². The summed E-state index contributed by atoms with van der Waals surface area (Å²) in [5, 5.41) is 3.11. The quantitative estimate of drug-likeness (QED) is 0.653. The lowest BCUT2D eigenvalue weighted by Crippen LogP contribution is -2.32. The summed E-state index contributed by atoms with van der Waals surface area (Å²) >= 11 is 0. The number of hydrogen-bond donors (Lipinski definition) is 1. The second kappa shape index (κ2) is 9.70. The van der Waals surface area contributed by atoms with Gasteiger partial charge in [-0.1, -0.05) is 48.5 Å². The van der Waals surface area contributed by atoms with Crippen LogP contribution in [-0.2, 0) is 17.6 Å². The van der Waals surface area contributed by atoms with Crippen molar-refractivity contribution in [2.75, 3.05) is 25.5 Å². The summed E-state index contributed by atoms with van der Waals surface area (Å²) in [6.45, 7) is 0.617. The predicted octanol–water partition coefficient (Wildman–Crippen LogP) is 3.83. The normalized spacial score (nSPS) is 11.6. The van der Waals surface area contributed by atoms with Gasteiger partial charge in [0.1, 0.15) is 0 Å². The Labute approximate surface area is 167 Å². The maximum atomic E-state index is 12.9. The molecule has 1 atom stereocenters. The Morgan fingerprint density at radius 2 is 1.68 bits per heavy atom. The van der Waals surface area contributed by atoms with Gasteiger partial charge in [-0.15, -0.1) is 0 Å². The van der Waals surface area contributed by atoms with Crippen molar-refractivity contribution in [3.05, 3.63) is 95.8 Å². The standard InChI is InChI=1S/C24H27N3O/c1-27(2)22-13-11-19(12-14-22)15-17-26-24(28)23(20-8-4-3-5-9-20)18-21-10-6-7-16-25-21/h3-14,16,23H,15,17-18H2,1-2H3,(H,26,28). The highest BCUT2D eigenvalue weighted by atomic mass is 16.1. The van der Waals surface area contributed by atoms with Crippen molar-refractivity contribution < 1.29 is 4.79 Å². The third kappa shape index (κ3) is 5.43. The molecule has 1 heterocycles. The van der Waals surface area contributed by atoms with E-state index in [1.54, 1.807) is 6.20 Å². The number of anilines is 1. The molecule has 144 valence electrons. The summed E-state index contributed by atoms with van der Waals surface area (Å²) in [5.74, 6) is -0.200. The van der Waals surface area contributed by atoms with Crippen LogP contribution in [0.1, 0.15) is 22.7 Å². The van der Waals surface area contributed by atoms with Crippen molar-refractivity contribution in [3.63, 3.8) is 0 Å². The lowest BCUT2D eigenvalue weighted by molar-refractivity contribution is -0.122. The van der Waals surface area contributed by atoms with Gasteiger partial charge in [0.05, 0.1) is 5.92 Å². The second-order valence-electron chi connectivity index (χ2n) is 7.09. The number of hydrogen-bond acceptors (Lipinski definition) is 3. The van der Waals surface area contributed by atoms with Crippen molar-refractivity contribution in [1.82, 2.24) is 10.3 Å². The fourth-order valence-corrected chi connectivity index (χ4v) is 3.19. The maximum absolute atomic E-state index is 12.9. The number of benzene rings is 2. The average Bonchev–Trinajstić information content (AvgIpc) is 2.73. The Kier molecular flexibility index (Phi) is 6.79. The number of nitrogens with zero attached hydrogens (tertiary/aromatic N) is 2. The molecule has 0 aliphatic heterocycles. The highest BCUT2D eigenvalue weighted by Gasteiger charge is 2.21. The van der Waals surface area contributed by atoms with Crippen LogP contribution in [0.3, 0.4) is 0 Å². The second-order valence-corrected chi connectivity index (χ2v) is 7.09. The fraction of sp³-hybridized carbons (Fsp3) is 0.250. The Balaban J connectivity index is 1.62. The van der Waals surface area contributed by atoms with Gasteiger partial charge in [-0.2, -0.15) is 0 Å². The van der Waals surface area contributed by atoms with E-state index in [0.29, 0.717) is 13.0 Å². The minimum Gasteiger partial charge on any atom is -0.378 e. The van der Waals surface area contributed by atoms with Gasteiger partial charge in [0.25, 0.3) is 0 Å². The van der Waals surface area contributed by atoms with E-state index in [2.05, 4.69) is 39.5 Å². The van der Waals surface area contributed by atoms with E-state index in [1.807, 2.05) is 62.6 Å². The highest BCUT2D eigenvalue weighted by molar-refractivity contribution is 5.83. The van der Waals surface area contributed by atoms with Gasteiger partial charge in [-0.25, -0.2) is 0 Å². The minimum absolute atomic E-state index is 0.0433. The first kappa shape index (κ1) is 19.6. The number of carbonyl (C=O) groups is 1. The molecule has 0 aliphatic rings. The SMILES string of the molecule is CN(C)c1ccc(CCNC(=O)C(Cc2ccccn2)c2ccccc2)cc1. The van der Waals surface area contributed by atoms with E-state index in [9.17, 15) is 4.79 Å². The summed E-state index contributed by atoms with van der Waals surface area (Å²) in [6.07, 6.45) is 3.17. The van der Waals surface area contributed by atoms with Gasteiger partial charge in [0.2, 0.25) is 5.91 Å². The zero-order valence-electron chi connectivity index (χ0n) is 16.5. The zero-order valence-corrected chi connectivity index (χ0v) is 16.5. The highest BCUT2D eigenvalue weighted by Crippen LogP contribution is 2.20. The molecule has 3 rings (SSSR count). The van der Waals surface area contributed by atoms with Gasteiger partial charge >= 0.3 is 0 Å². The third-order valence-electron chi connectivity index (χ3n) is 4.82. The Morgan fingerprint density at radius 1 is 0.964 bits per heavy atom. The topological polar surface area (TPSA) is 45.2 Å². The zero-order chi connectivity index (χ0) is 19.8. The fourth-order valence-electron chi connectivity index (χ4n) is 3.19. The Hall–Kier alpha value is -3.14. The van der Waals surface area contributed by atoms with Crippen LogP contribution in [0.15, 0.2) is 79.0 Å². The van der Waals surface area contributed by atoms with E-state index in [1.165, 1.54) is 11.3 Å². The number of carbonyl (C=O) groups excluding carboxylic acids is 1. The molecule has 0 aliphatic carbocycles. The van der Waals surface area contributed by atoms with Crippen LogP contribution in [0.25, 0.3) is 0 Å². The molecular weight excluding hydrogens is 346 g/mol. The summed E-state index contributed by atoms with van der Waals surface area (Å²) in [4.78, 5) is 19.4. The largest absolute Gasteiger partial charge is 0.378 e. The van der Waals surface area contributed by atoms with Crippen molar-refractivity contribution in [2.24, 2.45) is 0 Å². The first-order valence-electron chi connectivity index (χ1n) is 9.62. The van der Waals surface area contributed by atoms with Gasteiger partial charge in [0, 0.05) is 44.6 Å². The summed E-state index contributed by atoms with van der Waals surface area (Å²) in [6, 6.07) is 24.2. The van der Waals surface area contributed by atoms with E-state index < -0.39 is 0 Å². The molecule has 3 aromatic rings. The lowest BCUT2D eigenvalue weighted by Gasteiger charge is -2.17. The first-order chi connectivity index (χ1) is 13.6. The summed E-state index contributed by atoms with van der Waals surface area (Å²) in [7, 11) is 4.06. The van der Waals surface area contributed by atoms with Crippen LogP contribution in [0.4, 0.5) is 5.69 Å². The van der Waals surface area contributed by atoms with Gasteiger partial charge in [-0.3, -0.25) is 9.78 Å². The van der Waals surface area contributed by atoms with Crippen LogP contribution < -0.4 is 10.2 Å². The number of amides is 1. The molecule has 1 unspecified atom stereocenters. The van der Waals surface area contributed by atoms with E-state index in [4.69, 9.17) is 0 Å². The Bertz CT molecular complexity index is 861. The van der Waals surface area contributed by atoms with E-state index in [0.717, 1.165) is 17.7 Å². The van der Waals surface area contributed by atoms with Crippen LogP contribution >= 0.6 is 0 Å². The molecule has 1 amide bonds. The molecule has 0 radical (unpaired) electrons. The molecule has 4 heteroatoms. The van der Waals surface area contributed by atoms with Crippen molar-refractivity contribution in [2.45, 2.75) is 18.8 Å². The monoisotopic (exact) mass is 373 g/mol. The lowest BCUT2D eigenvalue weighted by atomic mass is 9.93. The van der Waals surface area contributed by atoms with E-state index in [-0.39, 0.29) is 11.8 Å². The molecule has 1 N–H and O–H groups in total.